The summed E-state index contributed by atoms with van der Waals surface area (Å²) in [7, 11) is 4.00. The maximum absolute atomic E-state index is 11.6. The second-order valence-electron chi connectivity index (χ2n) is 5.20. The van der Waals surface area contributed by atoms with Crippen LogP contribution in [0.5, 0.6) is 0 Å². The molecule has 0 bridgehead atoms. The monoisotopic (exact) mass is 288 g/mol. The van der Waals surface area contributed by atoms with Gasteiger partial charge in [0.25, 0.3) is 10.9 Å². The smallest absolute Gasteiger partial charge is 0.253 e. The average Bonchev–Trinajstić information content (AvgIpc) is 2.49. The van der Waals surface area contributed by atoms with E-state index in [1.165, 1.54) is 0 Å². The third-order valence-electron chi connectivity index (χ3n) is 3.21. The zero-order chi connectivity index (χ0) is 15.2. The molecule has 21 heavy (non-hydrogen) atoms. The van der Waals surface area contributed by atoms with E-state index in [0.717, 1.165) is 18.5 Å². The molecule has 0 unspecified atom stereocenters. The van der Waals surface area contributed by atoms with Gasteiger partial charge in [-0.25, -0.2) is 0 Å². The molecule has 1 aromatic carbocycles. The molecule has 6 heteroatoms. The molecular weight excluding hydrogens is 268 g/mol. The summed E-state index contributed by atoms with van der Waals surface area (Å²) in [5.41, 5.74) is 0.933. The number of nitrogens with one attached hydrogen (secondary N) is 2. The third-order valence-corrected chi connectivity index (χ3v) is 3.21. The zero-order valence-electron chi connectivity index (χ0n) is 12.3. The Morgan fingerprint density at radius 3 is 2.29 bits per heavy atom. The van der Waals surface area contributed by atoms with Gasteiger partial charge < -0.3 is 15.5 Å². The number of aromatic nitrogens is 1. The first-order valence-electron chi connectivity index (χ1n) is 6.94. The van der Waals surface area contributed by atoms with Crippen LogP contribution in [0.4, 0.5) is 11.4 Å². The largest absolute Gasteiger partial charge is 0.380 e. The van der Waals surface area contributed by atoms with Crippen LogP contribution >= 0.6 is 0 Å². The van der Waals surface area contributed by atoms with Crippen LogP contribution in [0.2, 0.25) is 0 Å². The van der Waals surface area contributed by atoms with Crippen molar-refractivity contribution in [3.8, 4) is 0 Å². The SMILES string of the molecule is CN(C)CCCNc1c(NCc2ccncc2)c(=O)c1=O. The highest BCUT2D eigenvalue weighted by atomic mass is 16.2. The molecular formula is C15H20N4O2. The summed E-state index contributed by atoms with van der Waals surface area (Å²) in [5, 5.41) is 6.07. The highest BCUT2D eigenvalue weighted by Crippen LogP contribution is 2.15. The number of hydrogen-bond acceptors (Lipinski definition) is 6. The second kappa shape index (κ2) is 6.99. The van der Waals surface area contributed by atoms with Crippen molar-refractivity contribution in [1.29, 1.82) is 0 Å². The highest BCUT2D eigenvalue weighted by molar-refractivity contribution is 5.73. The predicted molar refractivity (Wildman–Crippen MR) is 84.6 cm³/mol. The highest BCUT2D eigenvalue weighted by Gasteiger charge is 2.19. The Labute approximate surface area is 123 Å². The summed E-state index contributed by atoms with van der Waals surface area (Å²) in [6.45, 7) is 2.11. The van der Waals surface area contributed by atoms with Crippen molar-refractivity contribution in [1.82, 2.24) is 9.88 Å². The molecule has 1 aromatic heterocycles. The minimum atomic E-state index is -0.445. The van der Waals surface area contributed by atoms with Gasteiger partial charge in [0.2, 0.25) is 0 Å². The Bertz CT molecular complexity index is 645. The molecule has 0 saturated heterocycles. The Kier molecular flexibility index (Phi) is 5.05. The van der Waals surface area contributed by atoms with Crippen molar-refractivity contribution in [2.75, 3.05) is 37.8 Å². The van der Waals surface area contributed by atoms with Crippen LogP contribution in [0.1, 0.15) is 12.0 Å². The van der Waals surface area contributed by atoms with Crippen molar-refractivity contribution < 1.29 is 0 Å². The van der Waals surface area contributed by atoms with Crippen LogP contribution < -0.4 is 21.5 Å². The second-order valence-corrected chi connectivity index (χ2v) is 5.20. The molecule has 0 radical (unpaired) electrons. The lowest BCUT2D eigenvalue weighted by molar-refractivity contribution is 0.405. The van der Waals surface area contributed by atoms with Gasteiger partial charge in [0, 0.05) is 25.5 Å². The van der Waals surface area contributed by atoms with E-state index in [9.17, 15) is 9.59 Å². The van der Waals surface area contributed by atoms with Crippen molar-refractivity contribution >= 4 is 11.4 Å². The van der Waals surface area contributed by atoms with E-state index in [4.69, 9.17) is 0 Å². The van der Waals surface area contributed by atoms with Gasteiger partial charge in [-0.05, 0) is 44.8 Å². The van der Waals surface area contributed by atoms with Crippen LogP contribution in [0, 0.1) is 0 Å². The average molecular weight is 288 g/mol. The quantitative estimate of drug-likeness (QED) is 0.549. The molecule has 0 fully saturated rings. The van der Waals surface area contributed by atoms with E-state index in [1.54, 1.807) is 12.4 Å². The Morgan fingerprint density at radius 1 is 1.05 bits per heavy atom. The van der Waals surface area contributed by atoms with Gasteiger partial charge >= 0.3 is 0 Å². The summed E-state index contributed by atoms with van der Waals surface area (Å²) < 4.78 is 0. The molecule has 0 atom stereocenters. The zero-order valence-corrected chi connectivity index (χ0v) is 12.3. The Balaban J connectivity index is 1.90. The van der Waals surface area contributed by atoms with E-state index in [-0.39, 0.29) is 0 Å². The molecule has 1 heterocycles. The summed E-state index contributed by atoms with van der Waals surface area (Å²) in [6.07, 6.45) is 4.30. The molecule has 2 N–H and O–H groups in total. The van der Waals surface area contributed by atoms with Gasteiger partial charge in [-0.3, -0.25) is 14.6 Å². The van der Waals surface area contributed by atoms with Crippen LogP contribution in [0.15, 0.2) is 34.1 Å². The van der Waals surface area contributed by atoms with E-state index < -0.39 is 10.9 Å². The Morgan fingerprint density at radius 2 is 1.67 bits per heavy atom. The Hall–Kier alpha value is -2.21. The van der Waals surface area contributed by atoms with Gasteiger partial charge in [-0.15, -0.1) is 0 Å². The maximum atomic E-state index is 11.6. The molecule has 0 aliphatic rings. The van der Waals surface area contributed by atoms with Crippen LogP contribution in [-0.2, 0) is 6.54 Å². The topological polar surface area (TPSA) is 74.3 Å². The number of anilines is 2. The molecule has 0 amide bonds. The van der Waals surface area contributed by atoms with Crippen molar-refractivity contribution in [3.05, 3.63) is 50.5 Å². The van der Waals surface area contributed by atoms with Crippen molar-refractivity contribution in [3.63, 3.8) is 0 Å². The van der Waals surface area contributed by atoms with Gasteiger partial charge in [-0.2, -0.15) is 0 Å². The van der Waals surface area contributed by atoms with E-state index in [2.05, 4.69) is 20.5 Å². The minimum Gasteiger partial charge on any atom is -0.380 e. The first-order chi connectivity index (χ1) is 10.1. The lowest BCUT2D eigenvalue weighted by atomic mass is 10.1. The molecule has 0 aliphatic carbocycles. The molecule has 2 rings (SSSR count). The number of hydrogen-bond donors (Lipinski definition) is 2. The van der Waals surface area contributed by atoms with Crippen LogP contribution in [0.25, 0.3) is 0 Å². The number of pyridine rings is 1. The van der Waals surface area contributed by atoms with Crippen LogP contribution in [-0.4, -0.2) is 37.1 Å². The fourth-order valence-corrected chi connectivity index (χ4v) is 2.03. The number of rotatable bonds is 8. The molecule has 0 spiro atoms. The van der Waals surface area contributed by atoms with Gasteiger partial charge in [0.05, 0.1) is 0 Å². The summed E-state index contributed by atoms with van der Waals surface area (Å²) >= 11 is 0. The van der Waals surface area contributed by atoms with E-state index in [0.29, 0.717) is 24.5 Å². The standard InChI is InChI=1S/C15H20N4O2/c1-19(2)9-3-6-17-12-13(15(21)14(12)20)18-10-11-4-7-16-8-5-11/h4-5,7-8,17-18H,3,6,9-10H2,1-2H3. The van der Waals surface area contributed by atoms with Gasteiger partial charge in [0.1, 0.15) is 11.4 Å². The molecule has 2 aromatic rings. The first-order valence-corrected chi connectivity index (χ1v) is 6.94. The lowest BCUT2D eigenvalue weighted by Crippen LogP contribution is -2.37. The normalized spacial score (nSPS) is 11.0. The maximum Gasteiger partial charge on any atom is 0.253 e. The molecule has 6 nitrogen and oxygen atoms in total. The van der Waals surface area contributed by atoms with Crippen LogP contribution in [0.3, 0.4) is 0 Å². The van der Waals surface area contributed by atoms with E-state index >= 15 is 0 Å². The van der Waals surface area contributed by atoms with E-state index in [1.807, 2.05) is 26.2 Å². The molecule has 0 aliphatic heterocycles. The van der Waals surface area contributed by atoms with Gasteiger partial charge in [-0.1, -0.05) is 0 Å². The van der Waals surface area contributed by atoms with Crippen molar-refractivity contribution in [2.45, 2.75) is 13.0 Å². The summed E-state index contributed by atoms with van der Waals surface area (Å²) in [4.78, 5) is 29.2. The molecule has 112 valence electrons. The minimum absolute atomic E-state index is 0.390. The number of nitrogens with zero attached hydrogens (tertiary/aromatic N) is 2. The fourth-order valence-electron chi connectivity index (χ4n) is 2.03. The lowest BCUT2D eigenvalue weighted by Gasteiger charge is -2.15. The summed E-state index contributed by atoms with van der Waals surface area (Å²) in [5.74, 6) is 0. The van der Waals surface area contributed by atoms with Gasteiger partial charge in [0.15, 0.2) is 0 Å². The molecule has 0 saturated carbocycles. The predicted octanol–water partition coefficient (Wildman–Crippen LogP) is 0.653. The van der Waals surface area contributed by atoms with Crippen molar-refractivity contribution in [2.24, 2.45) is 0 Å². The summed E-state index contributed by atoms with van der Waals surface area (Å²) in [6, 6.07) is 3.73. The first kappa shape index (κ1) is 15.2. The fraction of sp³-hybridized carbons (Fsp3) is 0.400. The third kappa shape index (κ3) is 3.88.